The maximum Gasteiger partial charge on any atom is 0.246 e. The molecule has 1 amide bonds. The molecule has 2 atom stereocenters. The molecule has 7 nitrogen and oxygen atoms in total. The molecule has 0 spiro atoms. The summed E-state index contributed by atoms with van der Waals surface area (Å²) in [5.74, 6) is 2.02. The van der Waals surface area contributed by atoms with Crippen molar-refractivity contribution in [2.24, 2.45) is 0 Å². The Bertz CT molecular complexity index is 970. The van der Waals surface area contributed by atoms with Crippen LogP contribution in [0.3, 0.4) is 0 Å². The Morgan fingerprint density at radius 1 is 1.00 bits per heavy atom. The number of benzene rings is 1. The lowest BCUT2D eigenvalue weighted by Gasteiger charge is -2.39. The van der Waals surface area contributed by atoms with Crippen molar-refractivity contribution in [3.05, 3.63) is 45.7 Å². The lowest BCUT2D eigenvalue weighted by Crippen LogP contribution is -2.52. The average Bonchev–Trinajstić information content (AvgIpc) is 3.36. The van der Waals surface area contributed by atoms with E-state index in [-0.39, 0.29) is 11.9 Å². The van der Waals surface area contributed by atoms with E-state index in [1.807, 2.05) is 4.90 Å². The second-order valence-corrected chi connectivity index (χ2v) is 9.72. The highest BCUT2D eigenvalue weighted by atomic mass is 32.1. The van der Waals surface area contributed by atoms with E-state index in [0.29, 0.717) is 36.3 Å². The summed E-state index contributed by atoms with van der Waals surface area (Å²) in [4.78, 5) is 17.9. The van der Waals surface area contributed by atoms with Crippen molar-refractivity contribution in [1.82, 2.24) is 9.80 Å². The second-order valence-electron chi connectivity index (χ2n) is 8.78. The summed E-state index contributed by atoms with van der Waals surface area (Å²) in [5.41, 5.74) is 2.05. The van der Waals surface area contributed by atoms with Crippen molar-refractivity contribution < 1.29 is 24.1 Å². The zero-order valence-electron chi connectivity index (χ0n) is 20.9. The van der Waals surface area contributed by atoms with Gasteiger partial charge in [-0.05, 0) is 53.6 Å². The number of rotatable bonds is 9. The van der Waals surface area contributed by atoms with Gasteiger partial charge in [0.2, 0.25) is 11.7 Å². The Balaban J connectivity index is 1.58. The van der Waals surface area contributed by atoms with Crippen LogP contribution in [0, 0.1) is 0 Å². The smallest absolute Gasteiger partial charge is 0.246 e. The van der Waals surface area contributed by atoms with Crippen molar-refractivity contribution in [3.8, 4) is 17.2 Å². The molecular weight excluding hydrogens is 452 g/mol. The van der Waals surface area contributed by atoms with Gasteiger partial charge in [-0.25, -0.2) is 0 Å². The maximum atomic E-state index is 12.8. The number of methoxy groups -OCH3 is 3. The highest BCUT2D eigenvalue weighted by molar-refractivity contribution is 7.10. The number of aliphatic hydroxyl groups is 1. The Hall–Kier alpha value is -2.55. The first-order valence-corrected chi connectivity index (χ1v) is 12.4. The Morgan fingerprint density at radius 2 is 1.62 bits per heavy atom. The molecule has 0 bridgehead atoms. The third-order valence-corrected chi connectivity index (χ3v) is 7.38. The van der Waals surface area contributed by atoms with Crippen LogP contribution in [0.15, 0.2) is 29.7 Å². The first kappa shape index (κ1) is 26.1. The molecule has 0 radical (unpaired) electrons. The molecule has 1 aliphatic rings. The van der Waals surface area contributed by atoms with Crippen LogP contribution in [0.4, 0.5) is 0 Å². The van der Waals surface area contributed by atoms with Crippen LogP contribution in [0.25, 0.3) is 6.08 Å². The molecule has 0 saturated carbocycles. The highest BCUT2D eigenvalue weighted by Gasteiger charge is 2.28. The number of amides is 1. The van der Waals surface area contributed by atoms with Crippen LogP contribution >= 0.6 is 11.3 Å². The molecule has 2 aromatic rings. The van der Waals surface area contributed by atoms with Gasteiger partial charge in [-0.3, -0.25) is 9.69 Å². The third-order valence-electron chi connectivity index (χ3n) is 6.36. The van der Waals surface area contributed by atoms with Crippen molar-refractivity contribution in [2.45, 2.75) is 38.8 Å². The molecule has 1 fully saturated rings. The topological polar surface area (TPSA) is 71.5 Å². The van der Waals surface area contributed by atoms with Crippen molar-refractivity contribution >= 4 is 23.3 Å². The van der Waals surface area contributed by atoms with E-state index >= 15 is 0 Å². The van der Waals surface area contributed by atoms with Crippen molar-refractivity contribution in [3.63, 3.8) is 0 Å². The van der Waals surface area contributed by atoms with Gasteiger partial charge in [-0.2, -0.15) is 0 Å². The fourth-order valence-electron chi connectivity index (χ4n) is 4.08. The van der Waals surface area contributed by atoms with Crippen molar-refractivity contribution in [2.75, 3.05) is 47.5 Å². The lowest BCUT2D eigenvalue weighted by molar-refractivity contribution is -0.128. The van der Waals surface area contributed by atoms with Gasteiger partial charge in [-0.1, -0.05) is 13.8 Å². The van der Waals surface area contributed by atoms with Crippen LogP contribution in [-0.4, -0.2) is 74.4 Å². The number of hydrogen-bond donors (Lipinski definition) is 1. The van der Waals surface area contributed by atoms with Gasteiger partial charge in [0.05, 0.1) is 21.3 Å². The molecule has 34 heavy (non-hydrogen) atoms. The summed E-state index contributed by atoms with van der Waals surface area (Å²) in [6.45, 7) is 9.08. The normalized spacial score (nSPS) is 16.6. The molecule has 1 N–H and O–H groups in total. The number of nitrogens with zero attached hydrogens (tertiary/aromatic N) is 2. The highest BCUT2D eigenvalue weighted by Crippen LogP contribution is 2.38. The quantitative estimate of drug-likeness (QED) is 0.534. The molecule has 8 heteroatoms. The van der Waals surface area contributed by atoms with E-state index in [1.165, 1.54) is 5.56 Å². The number of hydrogen-bond acceptors (Lipinski definition) is 7. The van der Waals surface area contributed by atoms with Gasteiger partial charge in [0, 0.05) is 43.2 Å². The predicted octanol–water partition coefficient (Wildman–Crippen LogP) is 4.18. The predicted molar refractivity (Wildman–Crippen MR) is 136 cm³/mol. The average molecular weight is 489 g/mol. The first-order valence-electron chi connectivity index (χ1n) is 11.6. The van der Waals surface area contributed by atoms with E-state index in [1.54, 1.807) is 57.0 Å². The Morgan fingerprint density at radius 3 is 2.12 bits per heavy atom. The van der Waals surface area contributed by atoms with E-state index in [2.05, 4.69) is 37.1 Å². The molecule has 1 aromatic carbocycles. The lowest BCUT2D eigenvalue weighted by atomic mass is 10.0. The van der Waals surface area contributed by atoms with Crippen LogP contribution in [0.5, 0.6) is 17.2 Å². The summed E-state index contributed by atoms with van der Waals surface area (Å²) >= 11 is 1.62. The summed E-state index contributed by atoms with van der Waals surface area (Å²) in [5, 5.41) is 13.0. The molecule has 1 aliphatic heterocycles. The number of piperazine rings is 1. The van der Waals surface area contributed by atoms with Gasteiger partial charge in [0.15, 0.2) is 11.5 Å². The Labute approximate surface area is 206 Å². The fourth-order valence-corrected chi connectivity index (χ4v) is 5.24. The number of ether oxygens (including phenoxy) is 3. The molecule has 2 unspecified atom stereocenters. The van der Waals surface area contributed by atoms with Gasteiger partial charge >= 0.3 is 0 Å². The number of carbonyl (C=O) groups is 1. The van der Waals surface area contributed by atoms with Crippen LogP contribution in [-0.2, 0) is 4.79 Å². The summed E-state index contributed by atoms with van der Waals surface area (Å²) in [7, 11) is 4.69. The monoisotopic (exact) mass is 488 g/mol. The summed E-state index contributed by atoms with van der Waals surface area (Å²) < 4.78 is 16.1. The minimum absolute atomic E-state index is 0.00862. The maximum absolute atomic E-state index is 12.8. The van der Waals surface area contributed by atoms with E-state index in [4.69, 9.17) is 14.2 Å². The zero-order valence-corrected chi connectivity index (χ0v) is 21.7. The second kappa shape index (κ2) is 11.7. The first-order chi connectivity index (χ1) is 16.3. The van der Waals surface area contributed by atoms with E-state index < -0.39 is 6.10 Å². The van der Waals surface area contributed by atoms with Crippen LogP contribution in [0.2, 0.25) is 0 Å². The van der Waals surface area contributed by atoms with Crippen LogP contribution in [0.1, 0.15) is 48.8 Å². The third kappa shape index (κ3) is 5.92. The van der Waals surface area contributed by atoms with E-state index in [0.717, 1.165) is 23.5 Å². The minimum atomic E-state index is -0.528. The SMILES string of the molecule is COc1cc(C=CC(=O)N2CCN(C(C)C(O)c3cc(C(C)C)cs3)CC2)cc(OC)c1OC. The van der Waals surface area contributed by atoms with Gasteiger partial charge in [-0.15, -0.1) is 11.3 Å². The Kier molecular flexibility index (Phi) is 8.99. The molecule has 3 rings (SSSR count). The van der Waals surface area contributed by atoms with Crippen molar-refractivity contribution in [1.29, 1.82) is 0 Å². The number of aliphatic hydroxyl groups excluding tert-OH is 1. The number of thiophene rings is 1. The summed E-state index contributed by atoms with van der Waals surface area (Å²) in [6, 6.07) is 5.72. The standard InChI is InChI=1S/C26H36N2O5S/c1-17(2)20-15-23(34-16-20)25(30)18(3)27-9-11-28(12-10-27)24(29)8-7-19-13-21(31-4)26(33-6)22(14-19)32-5/h7-8,13-18,25,30H,9-12H2,1-6H3. The van der Waals surface area contributed by atoms with Gasteiger partial charge in [0.25, 0.3) is 0 Å². The molecule has 2 heterocycles. The molecule has 0 aliphatic carbocycles. The minimum Gasteiger partial charge on any atom is -0.493 e. The van der Waals surface area contributed by atoms with Crippen LogP contribution < -0.4 is 14.2 Å². The zero-order chi connectivity index (χ0) is 24.8. The molecule has 186 valence electrons. The van der Waals surface area contributed by atoms with E-state index in [9.17, 15) is 9.90 Å². The summed E-state index contributed by atoms with van der Waals surface area (Å²) in [6.07, 6.45) is 2.81. The molecule has 1 saturated heterocycles. The van der Waals surface area contributed by atoms with Gasteiger partial charge in [0.1, 0.15) is 6.10 Å². The van der Waals surface area contributed by atoms with Gasteiger partial charge < -0.3 is 24.2 Å². The fraction of sp³-hybridized carbons (Fsp3) is 0.500. The molecular formula is C26H36N2O5S. The molecule has 1 aromatic heterocycles. The number of carbonyl (C=O) groups excluding carboxylic acids is 1. The largest absolute Gasteiger partial charge is 0.493 e.